The van der Waals surface area contributed by atoms with Gasteiger partial charge in [0.05, 0.1) is 0 Å². The third-order valence-corrected chi connectivity index (χ3v) is 3.48. The van der Waals surface area contributed by atoms with Gasteiger partial charge in [0.2, 0.25) is 0 Å². The zero-order valence-corrected chi connectivity index (χ0v) is 13.1. The zero-order valence-electron chi connectivity index (χ0n) is 13.1. The fraction of sp³-hybridized carbons (Fsp3) is 0.625. The van der Waals surface area contributed by atoms with Crippen LogP contribution in [0.25, 0.3) is 0 Å². The van der Waals surface area contributed by atoms with Gasteiger partial charge in [-0.3, -0.25) is 0 Å². The van der Waals surface area contributed by atoms with Gasteiger partial charge in [0.15, 0.2) is 0 Å². The Morgan fingerprint density at radius 1 is 1.00 bits per heavy atom. The molecule has 0 fully saturated rings. The molecule has 1 unspecified atom stereocenters. The second-order valence-electron chi connectivity index (χ2n) is 5.33. The van der Waals surface area contributed by atoms with Crippen molar-refractivity contribution in [3.05, 3.63) is 29.8 Å². The maximum absolute atomic E-state index is 3.52. The van der Waals surface area contributed by atoms with Gasteiger partial charge in [-0.2, -0.15) is 0 Å². The first-order chi connectivity index (χ1) is 9.08. The molecule has 0 saturated carbocycles. The summed E-state index contributed by atoms with van der Waals surface area (Å²) in [7, 11) is 6.37. The molecule has 0 aliphatic carbocycles. The highest BCUT2D eigenvalue weighted by Gasteiger charge is 2.08. The van der Waals surface area contributed by atoms with Crippen molar-refractivity contribution >= 4 is 5.69 Å². The molecule has 1 atom stereocenters. The number of anilines is 1. The first-order valence-electron chi connectivity index (χ1n) is 7.27. The van der Waals surface area contributed by atoms with Crippen molar-refractivity contribution < 1.29 is 0 Å². The van der Waals surface area contributed by atoms with Crippen molar-refractivity contribution in [1.29, 1.82) is 0 Å². The Morgan fingerprint density at radius 2 is 1.63 bits per heavy atom. The van der Waals surface area contributed by atoms with E-state index in [-0.39, 0.29) is 0 Å². The van der Waals surface area contributed by atoms with Crippen LogP contribution in [0.5, 0.6) is 0 Å². The lowest BCUT2D eigenvalue weighted by Crippen LogP contribution is -2.28. The smallest absolute Gasteiger partial charge is 0.0364 e. The molecule has 0 amide bonds. The van der Waals surface area contributed by atoms with Gasteiger partial charge < -0.3 is 15.1 Å². The molecule has 3 nitrogen and oxygen atoms in total. The lowest BCUT2D eigenvalue weighted by Gasteiger charge is -2.23. The zero-order chi connectivity index (χ0) is 14.3. The molecular formula is C16H29N3. The van der Waals surface area contributed by atoms with Crippen LogP contribution in [0.15, 0.2) is 24.3 Å². The SMILES string of the molecule is CCNC(CC)c1ccc(N(C)CCN(C)C)cc1. The quantitative estimate of drug-likeness (QED) is 0.778. The van der Waals surface area contributed by atoms with Gasteiger partial charge in [0.1, 0.15) is 0 Å². The number of likely N-dealkylation sites (N-methyl/N-ethyl adjacent to an activating group) is 2. The van der Waals surface area contributed by atoms with Crippen LogP contribution in [0.2, 0.25) is 0 Å². The van der Waals surface area contributed by atoms with Crippen LogP contribution >= 0.6 is 0 Å². The summed E-state index contributed by atoms with van der Waals surface area (Å²) in [6, 6.07) is 9.43. The second kappa shape index (κ2) is 8.18. The summed E-state index contributed by atoms with van der Waals surface area (Å²) in [6.45, 7) is 7.53. The third-order valence-electron chi connectivity index (χ3n) is 3.48. The van der Waals surface area contributed by atoms with Crippen LogP contribution in [-0.4, -0.2) is 45.7 Å². The van der Waals surface area contributed by atoms with Crippen molar-refractivity contribution in [2.75, 3.05) is 45.7 Å². The maximum atomic E-state index is 3.52. The van der Waals surface area contributed by atoms with E-state index in [4.69, 9.17) is 0 Å². The number of rotatable bonds is 8. The number of nitrogens with zero attached hydrogens (tertiary/aromatic N) is 2. The summed E-state index contributed by atoms with van der Waals surface area (Å²) in [5.41, 5.74) is 2.67. The summed E-state index contributed by atoms with van der Waals surface area (Å²) in [5.74, 6) is 0. The van der Waals surface area contributed by atoms with Crippen molar-refractivity contribution in [2.24, 2.45) is 0 Å². The Bertz CT molecular complexity index is 346. The van der Waals surface area contributed by atoms with Gasteiger partial charge in [0, 0.05) is 31.9 Å². The minimum atomic E-state index is 0.478. The van der Waals surface area contributed by atoms with Gasteiger partial charge in [-0.15, -0.1) is 0 Å². The van der Waals surface area contributed by atoms with Gasteiger partial charge >= 0.3 is 0 Å². The van der Waals surface area contributed by atoms with E-state index in [1.54, 1.807) is 0 Å². The number of hydrogen-bond acceptors (Lipinski definition) is 3. The predicted molar refractivity (Wildman–Crippen MR) is 85.0 cm³/mol. The average molecular weight is 263 g/mol. The molecule has 108 valence electrons. The molecule has 0 aliphatic heterocycles. The van der Waals surface area contributed by atoms with E-state index in [9.17, 15) is 0 Å². The topological polar surface area (TPSA) is 18.5 Å². The molecule has 1 aromatic carbocycles. The van der Waals surface area contributed by atoms with E-state index in [0.717, 1.165) is 26.1 Å². The first-order valence-corrected chi connectivity index (χ1v) is 7.27. The Labute approximate surface area is 118 Å². The molecule has 0 radical (unpaired) electrons. The molecule has 1 N–H and O–H groups in total. The highest BCUT2D eigenvalue weighted by Crippen LogP contribution is 2.20. The summed E-state index contributed by atoms with van der Waals surface area (Å²) in [4.78, 5) is 4.52. The van der Waals surface area contributed by atoms with Crippen LogP contribution in [0.4, 0.5) is 5.69 Å². The summed E-state index contributed by atoms with van der Waals surface area (Å²) >= 11 is 0. The molecule has 0 heterocycles. The number of hydrogen-bond donors (Lipinski definition) is 1. The first kappa shape index (κ1) is 16.0. The Balaban J connectivity index is 2.64. The molecule has 1 rings (SSSR count). The fourth-order valence-electron chi connectivity index (χ4n) is 2.18. The number of benzene rings is 1. The van der Waals surface area contributed by atoms with Crippen molar-refractivity contribution in [3.63, 3.8) is 0 Å². The highest BCUT2D eigenvalue weighted by atomic mass is 15.1. The highest BCUT2D eigenvalue weighted by molar-refractivity contribution is 5.47. The van der Waals surface area contributed by atoms with Crippen molar-refractivity contribution in [2.45, 2.75) is 26.3 Å². The van der Waals surface area contributed by atoms with Gasteiger partial charge in [-0.25, -0.2) is 0 Å². The third kappa shape index (κ3) is 5.21. The minimum Gasteiger partial charge on any atom is -0.373 e. The van der Waals surface area contributed by atoms with E-state index >= 15 is 0 Å². The molecule has 0 spiro atoms. The van der Waals surface area contributed by atoms with E-state index < -0.39 is 0 Å². The fourth-order valence-corrected chi connectivity index (χ4v) is 2.18. The molecule has 0 aromatic heterocycles. The Morgan fingerprint density at radius 3 is 2.11 bits per heavy atom. The van der Waals surface area contributed by atoms with Gasteiger partial charge in [-0.05, 0) is 44.8 Å². The average Bonchev–Trinajstić information content (AvgIpc) is 2.42. The summed E-state index contributed by atoms with van der Waals surface area (Å²) in [5, 5.41) is 3.52. The lowest BCUT2D eigenvalue weighted by atomic mass is 10.0. The van der Waals surface area contributed by atoms with E-state index in [1.807, 2.05) is 0 Å². The van der Waals surface area contributed by atoms with Crippen LogP contribution in [0, 0.1) is 0 Å². The molecule has 19 heavy (non-hydrogen) atoms. The Kier molecular flexibility index (Phi) is 6.89. The summed E-state index contributed by atoms with van der Waals surface area (Å²) in [6.07, 6.45) is 1.13. The minimum absolute atomic E-state index is 0.478. The van der Waals surface area contributed by atoms with Crippen LogP contribution in [0.1, 0.15) is 31.9 Å². The lowest BCUT2D eigenvalue weighted by molar-refractivity contribution is 0.416. The van der Waals surface area contributed by atoms with Crippen LogP contribution < -0.4 is 10.2 Å². The molecule has 1 aromatic rings. The normalized spacial score (nSPS) is 12.7. The van der Waals surface area contributed by atoms with E-state index in [1.165, 1.54) is 11.3 Å². The van der Waals surface area contributed by atoms with Crippen LogP contribution in [-0.2, 0) is 0 Å². The summed E-state index contributed by atoms with van der Waals surface area (Å²) < 4.78 is 0. The molecule has 0 saturated heterocycles. The molecule has 0 bridgehead atoms. The standard InChI is InChI=1S/C16H29N3/c1-6-16(17-7-2)14-8-10-15(11-9-14)19(5)13-12-18(3)4/h8-11,16-17H,6-7,12-13H2,1-5H3. The predicted octanol–water partition coefficient (Wildman–Crippen LogP) is 2.75. The van der Waals surface area contributed by atoms with Gasteiger partial charge in [-0.1, -0.05) is 26.0 Å². The Hall–Kier alpha value is -1.06. The number of nitrogens with one attached hydrogen (secondary N) is 1. The van der Waals surface area contributed by atoms with Crippen molar-refractivity contribution in [1.82, 2.24) is 10.2 Å². The van der Waals surface area contributed by atoms with Crippen LogP contribution in [0.3, 0.4) is 0 Å². The maximum Gasteiger partial charge on any atom is 0.0364 e. The molecular weight excluding hydrogens is 234 g/mol. The van der Waals surface area contributed by atoms with E-state index in [2.05, 4.69) is 74.4 Å². The van der Waals surface area contributed by atoms with Crippen molar-refractivity contribution in [3.8, 4) is 0 Å². The second-order valence-corrected chi connectivity index (χ2v) is 5.33. The van der Waals surface area contributed by atoms with E-state index in [0.29, 0.717) is 6.04 Å². The van der Waals surface area contributed by atoms with Gasteiger partial charge in [0.25, 0.3) is 0 Å². The molecule has 0 aliphatic rings. The largest absolute Gasteiger partial charge is 0.373 e. The molecule has 3 heteroatoms. The monoisotopic (exact) mass is 263 g/mol.